The number of nitrogens with zero attached hydrogens (tertiary/aromatic N) is 3. The first-order valence-electron chi connectivity index (χ1n) is 9.35. The molecule has 26 heavy (non-hydrogen) atoms. The molecule has 1 aliphatic heterocycles. The molecule has 1 aliphatic carbocycles. The Labute approximate surface area is 154 Å². The third-order valence-electron chi connectivity index (χ3n) is 5.01. The molecule has 1 saturated heterocycles. The first kappa shape index (κ1) is 16.9. The standard InChI is InChI=1S/C20H26N4O2/c1-20(2,3)17-13-18(26-22-17)21-19(25)24-12-4-11-23(24)16-9-7-15(8-10-16)14-5-6-14/h7-10,13-14H,4-6,11-12H2,1-3H3,(H,21,25). The van der Waals surface area contributed by atoms with Gasteiger partial charge in [-0.15, -0.1) is 0 Å². The number of anilines is 2. The summed E-state index contributed by atoms with van der Waals surface area (Å²) in [5.41, 5.74) is 3.16. The quantitative estimate of drug-likeness (QED) is 0.881. The molecule has 1 N–H and O–H groups in total. The Hall–Kier alpha value is -2.50. The lowest BCUT2D eigenvalue weighted by Gasteiger charge is -2.29. The Balaban J connectivity index is 1.45. The van der Waals surface area contributed by atoms with Gasteiger partial charge in [-0.1, -0.05) is 38.1 Å². The van der Waals surface area contributed by atoms with E-state index in [1.807, 2.05) is 5.01 Å². The summed E-state index contributed by atoms with van der Waals surface area (Å²) in [6.07, 6.45) is 3.54. The first-order valence-corrected chi connectivity index (χ1v) is 9.35. The van der Waals surface area contributed by atoms with Gasteiger partial charge in [0, 0.05) is 24.6 Å². The minimum atomic E-state index is -0.189. The minimum absolute atomic E-state index is 0.116. The lowest BCUT2D eigenvalue weighted by Crippen LogP contribution is -2.43. The van der Waals surface area contributed by atoms with E-state index in [0.29, 0.717) is 12.4 Å². The molecule has 0 atom stereocenters. The van der Waals surface area contributed by atoms with E-state index >= 15 is 0 Å². The van der Waals surface area contributed by atoms with Gasteiger partial charge in [-0.3, -0.25) is 10.3 Å². The van der Waals surface area contributed by atoms with Gasteiger partial charge in [-0.05, 0) is 42.9 Å². The molecule has 138 valence electrons. The summed E-state index contributed by atoms with van der Waals surface area (Å²) in [7, 11) is 0. The number of carbonyl (C=O) groups excluding carboxylic acids is 1. The maximum Gasteiger partial charge on any atom is 0.343 e. The van der Waals surface area contributed by atoms with Crippen molar-refractivity contribution in [1.29, 1.82) is 0 Å². The van der Waals surface area contributed by atoms with Gasteiger partial charge in [0.2, 0.25) is 5.88 Å². The largest absolute Gasteiger partial charge is 0.343 e. The fourth-order valence-electron chi connectivity index (χ4n) is 3.28. The molecule has 2 amide bonds. The van der Waals surface area contributed by atoms with Gasteiger partial charge in [-0.25, -0.2) is 9.80 Å². The maximum absolute atomic E-state index is 12.7. The lowest BCUT2D eigenvalue weighted by atomic mass is 9.92. The summed E-state index contributed by atoms with van der Waals surface area (Å²) in [5.74, 6) is 1.13. The highest BCUT2D eigenvalue weighted by Crippen LogP contribution is 2.40. The van der Waals surface area contributed by atoms with Crippen molar-refractivity contribution in [1.82, 2.24) is 10.2 Å². The smallest absolute Gasteiger partial charge is 0.338 e. The monoisotopic (exact) mass is 354 g/mol. The average molecular weight is 354 g/mol. The molecule has 2 fully saturated rings. The third kappa shape index (κ3) is 3.41. The molecule has 1 saturated carbocycles. The Morgan fingerprint density at radius 2 is 1.92 bits per heavy atom. The van der Waals surface area contributed by atoms with Crippen molar-refractivity contribution in [2.24, 2.45) is 0 Å². The molecule has 2 aromatic rings. The number of hydrazine groups is 1. The second-order valence-corrected chi connectivity index (χ2v) is 8.22. The van der Waals surface area contributed by atoms with E-state index in [0.717, 1.165) is 30.3 Å². The number of nitrogens with one attached hydrogen (secondary N) is 1. The molecule has 2 heterocycles. The maximum atomic E-state index is 12.7. The van der Waals surface area contributed by atoms with Crippen LogP contribution >= 0.6 is 0 Å². The molecule has 0 bridgehead atoms. The van der Waals surface area contributed by atoms with Crippen molar-refractivity contribution in [2.45, 2.75) is 51.4 Å². The Morgan fingerprint density at radius 1 is 1.19 bits per heavy atom. The van der Waals surface area contributed by atoms with E-state index < -0.39 is 0 Å². The van der Waals surface area contributed by atoms with Gasteiger partial charge < -0.3 is 4.52 Å². The van der Waals surface area contributed by atoms with Crippen molar-refractivity contribution in [3.8, 4) is 0 Å². The highest BCUT2D eigenvalue weighted by atomic mass is 16.5. The summed E-state index contributed by atoms with van der Waals surface area (Å²) in [5, 5.41) is 10.7. The Morgan fingerprint density at radius 3 is 2.54 bits per heavy atom. The number of amides is 2. The van der Waals surface area contributed by atoms with Crippen LogP contribution in [0.3, 0.4) is 0 Å². The summed E-state index contributed by atoms with van der Waals surface area (Å²) in [6, 6.07) is 10.2. The summed E-state index contributed by atoms with van der Waals surface area (Å²) in [4.78, 5) is 12.7. The fraction of sp³-hybridized carbons (Fsp3) is 0.500. The molecular formula is C20H26N4O2. The van der Waals surface area contributed by atoms with Crippen LogP contribution in [-0.2, 0) is 5.41 Å². The van der Waals surface area contributed by atoms with Crippen LogP contribution in [0.5, 0.6) is 0 Å². The number of hydrogen-bond acceptors (Lipinski definition) is 4. The highest BCUT2D eigenvalue weighted by molar-refractivity contribution is 5.89. The van der Waals surface area contributed by atoms with Gasteiger partial charge in [0.15, 0.2) is 0 Å². The molecule has 1 aromatic carbocycles. The molecule has 1 aromatic heterocycles. The molecular weight excluding hydrogens is 328 g/mol. The van der Waals surface area contributed by atoms with Crippen molar-refractivity contribution in [2.75, 3.05) is 23.4 Å². The van der Waals surface area contributed by atoms with Crippen LogP contribution in [-0.4, -0.2) is 29.3 Å². The van der Waals surface area contributed by atoms with Crippen LogP contribution in [0.1, 0.15) is 57.2 Å². The summed E-state index contributed by atoms with van der Waals surface area (Å²) in [6.45, 7) is 7.70. The van der Waals surface area contributed by atoms with Crippen LogP contribution in [0, 0.1) is 0 Å². The van der Waals surface area contributed by atoms with E-state index in [-0.39, 0.29) is 11.4 Å². The normalized spacial score (nSPS) is 17.7. The summed E-state index contributed by atoms with van der Waals surface area (Å²) >= 11 is 0. The molecule has 0 unspecified atom stereocenters. The van der Waals surface area contributed by atoms with Crippen LogP contribution in [0.15, 0.2) is 34.9 Å². The molecule has 0 radical (unpaired) electrons. The van der Waals surface area contributed by atoms with Gasteiger partial charge >= 0.3 is 6.03 Å². The van der Waals surface area contributed by atoms with Crippen molar-refractivity contribution >= 4 is 17.6 Å². The van der Waals surface area contributed by atoms with Crippen molar-refractivity contribution in [3.63, 3.8) is 0 Å². The predicted molar refractivity (Wildman–Crippen MR) is 101 cm³/mol. The number of benzene rings is 1. The lowest BCUT2D eigenvalue weighted by molar-refractivity contribution is 0.217. The molecule has 2 aliphatic rings. The van der Waals surface area contributed by atoms with Crippen molar-refractivity contribution in [3.05, 3.63) is 41.6 Å². The van der Waals surface area contributed by atoms with Crippen LogP contribution in [0.4, 0.5) is 16.4 Å². The van der Waals surface area contributed by atoms with Crippen LogP contribution in [0.2, 0.25) is 0 Å². The zero-order valence-corrected chi connectivity index (χ0v) is 15.7. The highest BCUT2D eigenvalue weighted by Gasteiger charge is 2.29. The average Bonchev–Trinajstić information content (AvgIpc) is 3.14. The Bertz CT molecular complexity index is 787. The van der Waals surface area contributed by atoms with Gasteiger partial charge in [0.05, 0.1) is 11.4 Å². The predicted octanol–water partition coefficient (Wildman–Crippen LogP) is 4.51. The number of hydrogen-bond donors (Lipinski definition) is 1. The zero-order valence-electron chi connectivity index (χ0n) is 15.7. The summed E-state index contributed by atoms with van der Waals surface area (Å²) < 4.78 is 5.28. The number of aromatic nitrogens is 1. The topological polar surface area (TPSA) is 61.6 Å². The van der Waals surface area contributed by atoms with Crippen LogP contribution < -0.4 is 10.3 Å². The van der Waals surface area contributed by atoms with Crippen molar-refractivity contribution < 1.29 is 9.32 Å². The minimum Gasteiger partial charge on any atom is -0.338 e. The number of urea groups is 1. The van der Waals surface area contributed by atoms with E-state index in [2.05, 4.69) is 55.5 Å². The Kier molecular flexibility index (Phi) is 4.13. The molecule has 4 rings (SSSR count). The van der Waals surface area contributed by atoms with Gasteiger partial charge in [-0.2, -0.15) is 0 Å². The zero-order chi connectivity index (χ0) is 18.3. The van der Waals surface area contributed by atoms with Crippen LogP contribution in [0.25, 0.3) is 0 Å². The van der Waals surface area contributed by atoms with Gasteiger partial charge in [0.25, 0.3) is 0 Å². The number of rotatable bonds is 3. The second-order valence-electron chi connectivity index (χ2n) is 8.22. The molecule has 0 spiro atoms. The van der Waals surface area contributed by atoms with E-state index in [9.17, 15) is 4.79 Å². The SMILES string of the molecule is CC(C)(C)c1cc(NC(=O)N2CCCN2c2ccc(C3CC3)cc2)on1. The molecule has 6 heteroatoms. The van der Waals surface area contributed by atoms with E-state index in [1.54, 1.807) is 11.1 Å². The second kappa shape index (κ2) is 6.34. The van der Waals surface area contributed by atoms with Gasteiger partial charge in [0.1, 0.15) is 0 Å². The molecule has 6 nitrogen and oxygen atoms in total. The number of carbonyl (C=O) groups is 1. The fourth-order valence-corrected chi connectivity index (χ4v) is 3.28. The third-order valence-corrected chi connectivity index (χ3v) is 5.01. The van der Waals surface area contributed by atoms with E-state index in [4.69, 9.17) is 4.52 Å². The first-order chi connectivity index (χ1) is 12.4. The van der Waals surface area contributed by atoms with E-state index in [1.165, 1.54) is 18.4 Å².